The second-order valence-corrected chi connectivity index (χ2v) is 7.02. The quantitative estimate of drug-likeness (QED) is 0.840. The first kappa shape index (κ1) is 17.0. The number of benzene rings is 1. The van der Waals surface area contributed by atoms with Crippen LogP contribution in [0, 0.1) is 25.7 Å². The van der Waals surface area contributed by atoms with E-state index in [0.717, 1.165) is 42.6 Å². The topological polar surface area (TPSA) is 66.8 Å². The molecule has 1 aliphatic heterocycles. The lowest BCUT2D eigenvalue weighted by atomic mass is 9.81. The Bertz CT molecular complexity index is 618. The van der Waals surface area contributed by atoms with Crippen molar-refractivity contribution < 1.29 is 19.4 Å². The van der Waals surface area contributed by atoms with Gasteiger partial charge < -0.3 is 9.84 Å². The number of amides is 2. The third-order valence-corrected chi connectivity index (χ3v) is 5.10. The third-order valence-electron chi connectivity index (χ3n) is 5.10. The molecular weight excluding hydrogens is 306 g/mol. The largest absolute Gasteiger partial charge is 0.491 e. The van der Waals surface area contributed by atoms with E-state index in [1.165, 1.54) is 4.90 Å². The van der Waals surface area contributed by atoms with Crippen LogP contribution in [-0.2, 0) is 9.59 Å². The molecule has 24 heavy (non-hydrogen) atoms. The Kier molecular flexibility index (Phi) is 4.90. The minimum atomic E-state index is -0.877. The van der Waals surface area contributed by atoms with E-state index in [1.54, 1.807) is 0 Å². The lowest BCUT2D eigenvalue weighted by Crippen LogP contribution is -2.40. The summed E-state index contributed by atoms with van der Waals surface area (Å²) in [7, 11) is 0. The van der Waals surface area contributed by atoms with E-state index >= 15 is 0 Å². The average Bonchev–Trinajstić information content (AvgIpc) is 2.81. The highest BCUT2D eigenvalue weighted by atomic mass is 16.5. The fourth-order valence-electron chi connectivity index (χ4n) is 3.72. The molecule has 0 spiro atoms. The normalized spacial score (nSPS) is 24.9. The monoisotopic (exact) mass is 331 g/mol. The van der Waals surface area contributed by atoms with Gasteiger partial charge in [-0.2, -0.15) is 0 Å². The lowest BCUT2D eigenvalue weighted by Gasteiger charge is -2.20. The van der Waals surface area contributed by atoms with Crippen molar-refractivity contribution in [3.05, 3.63) is 29.3 Å². The van der Waals surface area contributed by atoms with Gasteiger partial charge in [-0.1, -0.05) is 25.0 Å². The number of carbonyl (C=O) groups is 2. The minimum Gasteiger partial charge on any atom is -0.491 e. The number of nitrogens with zero attached hydrogens (tertiary/aromatic N) is 1. The van der Waals surface area contributed by atoms with Gasteiger partial charge in [-0.05, 0) is 43.9 Å². The number of ether oxygens (including phenoxy) is 1. The van der Waals surface area contributed by atoms with Crippen LogP contribution < -0.4 is 4.74 Å². The highest BCUT2D eigenvalue weighted by Gasteiger charge is 2.48. The Hall–Kier alpha value is -1.88. The predicted molar refractivity (Wildman–Crippen MR) is 89.6 cm³/mol. The van der Waals surface area contributed by atoms with E-state index in [2.05, 4.69) is 0 Å². The van der Waals surface area contributed by atoms with E-state index in [1.807, 2.05) is 32.0 Å². The fraction of sp³-hybridized carbons (Fsp3) is 0.579. The number of hydrogen-bond acceptors (Lipinski definition) is 4. The minimum absolute atomic E-state index is 0.0233. The summed E-state index contributed by atoms with van der Waals surface area (Å²) in [6.45, 7) is 4.01. The number of aliphatic hydroxyl groups is 1. The molecule has 0 aromatic heterocycles. The number of likely N-dealkylation sites (tertiary alicyclic amines) is 1. The van der Waals surface area contributed by atoms with Crippen molar-refractivity contribution in [3.63, 3.8) is 0 Å². The number of β-amino-alcohol motifs (C(OH)–C–C–N with tert-alkyl or cyclic N) is 1. The highest BCUT2D eigenvalue weighted by molar-refractivity contribution is 6.05. The summed E-state index contributed by atoms with van der Waals surface area (Å²) < 4.78 is 5.68. The molecule has 0 bridgehead atoms. The Morgan fingerprint density at radius 2 is 1.79 bits per heavy atom. The number of aliphatic hydroxyl groups excluding tert-OH is 1. The molecule has 5 nitrogen and oxygen atoms in total. The maximum absolute atomic E-state index is 12.4. The van der Waals surface area contributed by atoms with Crippen LogP contribution in [0.5, 0.6) is 5.75 Å². The summed E-state index contributed by atoms with van der Waals surface area (Å²) in [4.78, 5) is 26.1. The van der Waals surface area contributed by atoms with Crippen LogP contribution in [0.1, 0.15) is 36.8 Å². The zero-order valence-electron chi connectivity index (χ0n) is 14.3. The van der Waals surface area contributed by atoms with E-state index in [0.29, 0.717) is 0 Å². The Morgan fingerprint density at radius 3 is 2.42 bits per heavy atom. The molecule has 1 saturated carbocycles. The molecule has 1 N–H and O–H groups in total. The molecule has 0 radical (unpaired) electrons. The first-order valence-electron chi connectivity index (χ1n) is 8.70. The van der Waals surface area contributed by atoms with Crippen LogP contribution in [-0.4, -0.2) is 41.1 Å². The SMILES string of the molecule is Cc1ccc(C)c(OC[C@H](O)CN2C(=O)[C@@H]3CCCC[C@H]3C2=O)c1. The molecule has 1 aromatic carbocycles. The molecule has 3 rings (SSSR count). The predicted octanol–water partition coefficient (Wildman–Crippen LogP) is 2.22. The zero-order valence-corrected chi connectivity index (χ0v) is 14.3. The van der Waals surface area contributed by atoms with Crippen LogP contribution in [0.3, 0.4) is 0 Å². The van der Waals surface area contributed by atoms with E-state index < -0.39 is 6.10 Å². The standard InChI is InChI=1S/C19H25NO4/c1-12-7-8-13(2)17(9-12)24-11-14(21)10-20-18(22)15-5-3-4-6-16(15)19(20)23/h7-9,14-16,21H,3-6,10-11H2,1-2H3/t14-,15-,16-/m1/s1. The molecule has 1 aliphatic carbocycles. The molecular formula is C19H25NO4. The van der Waals surface area contributed by atoms with E-state index in [4.69, 9.17) is 4.74 Å². The first-order chi connectivity index (χ1) is 11.5. The van der Waals surface area contributed by atoms with Gasteiger partial charge in [-0.25, -0.2) is 0 Å². The summed E-state index contributed by atoms with van der Waals surface area (Å²) >= 11 is 0. The van der Waals surface area contributed by atoms with Crippen LogP contribution >= 0.6 is 0 Å². The number of fused-ring (bicyclic) bond motifs is 1. The van der Waals surface area contributed by atoms with Crippen molar-refractivity contribution in [3.8, 4) is 5.75 Å². The van der Waals surface area contributed by atoms with Crippen molar-refractivity contribution >= 4 is 11.8 Å². The molecule has 5 heteroatoms. The van der Waals surface area contributed by atoms with Gasteiger partial charge in [-0.3, -0.25) is 14.5 Å². The molecule has 2 fully saturated rings. The van der Waals surface area contributed by atoms with Crippen LogP contribution in [0.15, 0.2) is 18.2 Å². The number of aryl methyl sites for hydroxylation is 2. The maximum Gasteiger partial charge on any atom is 0.233 e. The summed E-state index contributed by atoms with van der Waals surface area (Å²) in [6, 6.07) is 5.89. The van der Waals surface area contributed by atoms with Crippen molar-refractivity contribution in [1.82, 2.24) is 4.90 Å². The van der Waals surface area contributed by atoms with Gasteiger partial charge in [0.25, 0.3) is 0 Å². The van der Waals surface area contributed by atoms with Gasteiger partial charge in [0.05, 0.1) is 18.4 Å². The van der Waals surface area contributed by atoms with Crippen molar-refractivity contribution in [1.29, 1.82) is 0 Å². The fourth-order valence-corrected chi connectivity index (χ4v) is 3.72. The maximum atomic E-state index is 12.4. The van der Waals surface area contributed by atoms with Crippen molar-refractivity contribution in [2.24, 2.45) is 11.8 Å². The highest BCUT2D eigenvalue weighted by Crippen LogP contribution is 2.38. The number of carbonyl (C=O) groups excluding carboxylic acids is 2. The van der Waals surface area contributed by atoms with E-state index in [-0.39, 0.29) is 36.8 Å². The van der Waals surface area contributed by atoms with Gasteiger partial charge in [0.1, 0.15) is 18.5 Å². The van der Waals surface area contributed by atoms with Crippen LogP contribution in [0.25, 0.3) is 0 Å². The lowest BCUT2D eigenvalue weighted by molar-refractivity contribution is -0.141. The molecule has 3 atom stereocenters. The Labute approximate surface area is 142 Å². The van der Waals surface area contributed by atoms with Crippen LogP contribution in [0.4, 0.5) is 0 Å². The molecule has 1 aromatic rings. The molecule has 1 heterocycles. The van der Waals surface area contributed by atoms with Gasteiger partial charge >= 0.3 is 0 Å². The van der Waals surface area contributed by atoms with Gasteiger partial charge in [-0.15, -0.1) is 0 Å². The third kappa shape index (κ3) is 3.31. The zero-order chi connectivity index (χ0) is 17.3. The van der Waals surface area contributed by atoms with Crippen molar-refractivity contribution in [2.75, 3.05) is 13.2 Å². The second kappa shape index (κ2) is 6.93. The van der Waals surface area contributed by atoms with Gasteiger partial charge in [0.2, 0.25) is 11.8 Å². The molecule has 2 aliphatic rings. The van der Waals surface area contributed by atoms with Crippen molar-refractivity contribution in [2.45, 2.75) is 45.6 Å². The number of rotatable bonds is 5. The summed E-state index contributed by atoms with van der Waals surface area (Å²) in [5, 5.41) is 10.2. The Balaban J connectivity index is 1.58. The first-order valence-corrected chi connectivity index (χ1v) is 8.70. The molecule has 1 saturated heterocycles. The summed E-state index contributed by atoms with van der Waals surface area (Å²) in [5.74, 6) is 0.157. The number of hydrogen-bond donors (Lipinski definition) is 1. The van der Waals surface area contributed by atoms with Gasteiger partial charge in [0.15, 0.2) is 0 Å². The average molecular weight is 331 g/mol. The smallest absolute Gasteiger partial charge is 0.233 e. The molecule has 130 valence electrons. The summed E-state index contributed by atoms with van der Waals surface area (Å²) in [5.41, 5.74) is 2.08. The second-order valence-electron chi connectivity index (χ2n) is 7.02. The summed E-state index contributed by atoms with van der Waals surface area (Å²) in [6.07, 6.45) is 2.72. The van der Waals surface area contributed by atoms with Crippen LogP contribution in [0.2, 0.25) is 0 Å². The Morgan fingerprint density at radius 1 is 1.17 bits per heavy atom. The molecule has 0 unspecified atom stereocenters. The number of imide groups is 1. The molecule has 2 amide bonds. The van der Waals surface area contributed by atoms with Gasteiger partial charge in [0, 0.05) is 0 Å². The van der Waals surface area contributed by atoms with E-state index in [9.17, 15) is 14.7 Å².